The predicted molar refractivity (Wildman–Crippen MR) is 75.6 cm³/mol. The number of nitrogens with one attached hydrogen (secondary N) is 1. The average molecular weight is 292 g/mol. The second-order valence-corrected chi connectivity index (χ2v) is 5.78. The quantitative estimate of drug-likeness (QED) is 0.890. The highest BCUT2D eigenvalue weighted by atomic mass is 35.5. The molecule has 0 saturated heterocycles. The van der Waals surface area contributed by atoms with E-state index in [4.69, 9.17) is 11.6 Å². The Kier molecular flexibility index (Phi) is 3.22. The van der Waals surface area contributed by atoms with Gasteiger partial charge >= 0.3 is 0 Å². The van der Waals surface area contributed by atoms with Gasteiger partial charge in [0.05, 0.1) is 0 Å². The van der Waals surface area contributed by atoms with Gasteiger partial charge in [-0.25, -0.2) is 0 Å². The summed E-state index contributed by atoms with van der Waals surface area (Å²) in [6.45, 7) is 0. The molecular weight excluding hydrogens is 282 g/mol. The number of aliphatic hydroxyl groups excluding tert-OH is 1. The van der Waals surface area contributed by atoms with Crippen LogP contribution in [0.5, 0.6) is 0 Å². The fraction of sp³-hybridized carbons (Fsp3) is 0.0714. The zero-order chi connectivity index (χ0) is 13.4. The summed E-state index contributed by atoms with van der Waals surface area (Å²) >= 11 is 7.41. The molecule has 2 aromatic rings. The molecule has 1 aliphatic heterocycles. The molecule has 0 aromatic heterocycles. The third kappa shape index (κ3) is 2.47. The number of anilines is 1. The third-order valence-corrected chi connectivity index (χ3v) is 4.12. The van der Waals surface area contributed by atoms with Gasteiger partial charge in [-0.2, -0.15) is 0 Å². The Morgan fingerprint density at radius 2 is 1.79 bits per heavy atom. The summed E-state index contributed by atoms with van der Waals surface area (Å²) in [4.78, 5) is 13.4. The van der Waals surface area contributed by atoms with E-state index in [0.717, 1.165) is 9.79 Å². The number of amides is 1. The van der Waals surface area contributed by atoms with Crippen LogP contribution in [0.4, 0.5) is 5.69 Å². The van der Waals surface area contributed by atoms with E-state index < -0.39 is 6.10 Å². The Balaban J connectivity index is 1.86. The topological polar surface area (TPSA) is 49.3 Å². The van der Waals surface area contributed by atoms with Crippen LogP contribution in [0.15, 0.2) is 52.3 Å². The molecule has 96 valence electrons. The zero-order valence-corrected chi connectivity index (χ0v) is 11.3. The number of hydrogen-bond donors (Lipinski definition) is 2. The van der Waals surface area contributed by atoms with Gasteiger partial charge in [-0.15, -0.1) is 0 Å². The molecule has 1 amide bonds. The molecule has 1 unspecified atom stereocenters. The normalized spacial score (nSPS) is 17.2. The summed E-state index contributed by atoms with van der Waals surface area (Å²) < 4.78 is 0. The Labute approximate surface area is 119 Å². The van der Waals surface area contributed by atoms with Gasteiger partial charge in [0.1, 0.15) is 0 Å². The molecule has 0 bridgehead atoms. The highest BCUT2D eigenvalue weighted by molar-refractivity contribution is 7.99. The molecule has 1 atom stereocenters. The number of carbonyl (C=O) groups is 1. The van der Waals surface area contributed by atoms with Crippen LogP contribution in [0.1, 0.15) is 11.7 Å². The van der Waals surface area contributed by atoms with E-state index in [1.165, 1.54) is 0 Å². The lowest BCUT2D eigenvalue weighted by molar-refractivity contribution is -0.123. The van der Waals surface area contributed by atoms with Crippen LogP contribution in [0.3, 0.4) is 0 Å². The Bertz CT molecular complexity index is 642. The lowest BCUT2D eigenvalue weighted by Gasteiger charge is -2.05. The van der Waals surface area contributed by atoms with Crippen LogP contribution in [0, 0.1) is 0 Å². The number of halogens is 1. The van der Waals surface area contributed by atoms with E-state index in [9.17, 15) is 9.90 Å². The van der Waals surface area contributed by atoms with Gasteiger partial charge in [-0.1, -0.05) is 29.4 Å². The van der Waals surface area contributed by atoms with E-state index in [1.54, 1.807) is 17.8 Å². The summed E-state index contributed by atoms with van der Waals surface area (Å²) in [6, 6.07) is 13.1. The third-order valence-electron chi connectivity index (χ3n) is 2.87. The fourth-order valence-corrected chi connectivity index (χ4v) is 2.91. The summed E-state index contributed by atoms with van der Waals surface area (Å²) in [7, 11) is 0. The van der Waals surface area contributed by atoms with E-state index in [-0.39, 0.29) is 5.91 Å². The largest absolute Gasteiger partial charge is 0.378 e. The average Bonchev–Trinajstić information content (AvgIpc) is 2.68. The maximum absolute atomic E-state index is 11.4. The molecule has 2 aromatic carbocycles. The minimum absolute atomic E-state index is 0.372. The van der Waals surface area contributed by atoms with Crippen LogP contribution >= 0.6 is 23.4 Å². The molecule has 1 aliphatic rings. The molecule has 0 radical (unpaired) electrons. The molecule has 3 nitrogen and oxygen atoms in total. The number of aliphatic hydroxyl groups is 1. The van der Waals surface area contributed by atoms with Crippen molar-refractivity contribution in [2.75, 3.05) is 5.32 Å². The van der Waals surface area contributed by atoms with Crippen molar-refractivity contribution in [1.29, 1.82) is 0 Å². The lowest BCUT2D eigenvalue weighted by Crippen LogP contribution is -2.10. The minimum Gasteiger partial charge on any atom is -0.378 e. The van der Waals surface area contributed by atoms with E-state index in [1.807, 2.05) is 36.4 Å². The fourth-order valence-electron chi connectivity index (χ4n) is 1.93. The number of carbonyl (C=O) groups excluding carboxylic acids is 1. The van der Waals surface area contributed by atoms with Crippen LogP contribution in [-0.4, -0.2) is 11.0 Å². The number of rotatable bonds is 2. The minimum atomic E-state index is -1.05. The predicted octanol–water partition coefficient (Wildman–Crippen LogP) is 3.48. The number of hydrogen-bond acceptors (Lipinski definition) is 3. The van der Waals surface area contributed by atoms with E-state index in [0.29, 0.717) is 16.3 Å². The van der Waals surface area contributed by atoms with Gasteiger partial charge in [0.2, 0.25) is 0 Å². The summed E-state index contributed by atoms with van der Waals surface area (Å²) in [6.07, 6.45) is -1.05. The number of fused-ring (bicyclic) bond motifs is 1. The Morgan fingerprint density at radius 3 is 2.53 bits per heavy atom. The van der Waals surface area contributed by atoms with Crippen LogP contribution in [-0.2, 0) is 4.79 Å². The SMILES string of the molecule is O=C1Nc2cc(Sc3ccc(Cl)cc3)ccc2C1O. The van der Waals surface area contributed by atoms with E-state index >= 15 is 0 Å². The highest BCUT2D eigenvalue weighted by Gasteiger charge is 2.28. The van der Waals surface area contributed by atoms with Gasteiger partial charge in [-0.3, -0.25) is 4.79 Å². The van der Waals surface area contributed by atoms with Crippen LogP contribution in [0.2, 0.25) is 5.02 Å². The van der Waals surface area contributed by atoms with Gasteiger partial charge in [0.15, 0.2) is 6.10 Å². The van der Waals surface area contributed by atoms with Crippen molar-refractivity contribution in [3.63, 3.8) is 0 Å². The van der Waals surface area contributed by atoms with Gasteiger partial charge in [0.25, 0.3) is 5.91 Å². The molecule has 5 heteroatoms. The van der Waals surface area contributed by atoms with Crippen molar-refractivity contribution in [3.05, 3.63) is 53.1 Å². The highest BCUT2D eigenvalue weighted by Crippen LogP contribution is 2.36. The van der Waals surface area contributed by atoms with Crippen LogP contribution in [0.25, 0.3) is 0 Å². The monoisotopic (exact) mass is 291 g/mol. The maximum atomic E-state index is 11.4. The summed E-state index contributed by atoms with van der Waals surface area (Å²) in [5, 5.41) is 13.0. The van der Waals surface area contributed by atoms with Crippen LogP contribution < -0.4 is 5.32 Å². The van der Waals surface area contributed by atoms with Gasteiger partial charge in [-0.05, 0) is 36.4 Å². The lowest BCUT2D eigenvalue weighted by atomic mass is 10.1. The molecule has 1 heterocycles. The molecular formula is C14H10ClNO2S. The van der Waals surface area contributed by atoms with E-state index in [2.05, 4.69) is 5.32 Å². The van der Waals surface area contributed by atoms with Crippen molar-refractivity contribution in [1.82, 2.24) is 0 Å². The first-order valence-corrected chi connectivity index (χ1v) is 6.89. The molecule has 0 saturated carbocycles. The molecule has 0 aliphatic carbocycles. The Morgan fingerprint density at radius 1 is 1.11 bits per heavy atom. The summed E-state index contributed by atoms with van der Waals surface area (Å²) in [5.74, 6) is -0.372. The molecule has 19 heavy (non-hydrogen) atoms. The zero-order valence-electron chi connectivity index (χ0n) is 9.76. The molecule has 0 fully saturated rings. The standard InChI is InChI=1S/C14H10ClNO2S/c15-8-1-3-9(4-2-8)19-10-5-6-11-12(7-10)16-14(18)13(11)17/h1-7,13,17H,(H,16,18). The van der Waals surface area contributed by atoms with Crippen molar-refractivity contribution >= 4 is 35.0 Å². The molecule has 3 rings (SSSR count). The maximum Gasteiger partial charge on any atom is 0.257 e. The van der Waals surface area contributed by atoms with Crippen molar-refractivity contribution in [3.8, 4) is 0 Å². The van der Waals surface area contributed by atoms with Gasteiger partial charge in [0, 0.05) is 26.1 Å². The second kappa shape index (κ2) is 4.89. The first-order chi connectivity index (χ1) is 9.13. The first-order valence-electron chi connectivity index (χ1n) is 5.70. The second-order valence-electron chi connectivity index (χ2n) is 4.20. The van der Waals surface area contributed by atoms with Crippen molar-refractivity contribution < 1.29 is 9.90 Å². The van der Waals surface area contributed by atoms with Crippen molar-refractivity contribution in [2.24, 2.45) is 0 Å². The number of benzene rings is 2. The molecule has 2 N–H and O–H groups in total. The molecule has 0 spiro atoms. The van der Waals surface area contributed by atoms with Crippen molar-refractivity contribution in [2.45, 2.75) is 15.9 Å². The summed E-state index contributed by atoms with van der Waals surface area (Å²) in [5.41, 5.74) is 1.31. The van der Waals surface area contributed by atoms with Gasteiger partial charge < -0.3 is 10.4 Å². The Hall–Kier alpha value is -1.49. The first kappa shape index (κ1) is 12.5. The smallest absolute Gasteiger partial charge is 0.257 e.